The first-order chi connectivity index (χ1) is 11.9. The van der Waals surface area contributed by atoms with E-state index in [-0.39, 0.29) is 5.41 Å². The van der Waals surface area contributed by atoms with Crippen LogP contribution in [-0.2, 0) is 21.9 Å². The Morgan fingerprint density at radius 1 is 1.12 bits per heavy atom. The van der Waals surface area contributed by atoms with Crippen LogP contribution in [0.2, 0.25) is 0 Å². The van der Waals surface area contributed by atoms with Crippen LogP contribution >= 0.6 is 0 Å². The maximum absolute atomic E-state index is 13.5. The number of hydrogen-bond donors (Lipinski definition) is 0. The zero-order valence-electron chi connectivity index (χ0n) is 14.5. The third-order valence-corrected chi connectivity index (χ3v) is 7.11. The summed E-state index contributed by atoms with van der Waals surface area (Å²) >= 11 is 0. The monoisotopic (exact) mass is 351 g/mol. The Labute approximate surface area is 148 Å². The Hall–Kier alpha value is -2.33. The molecule has 1 aliphatic rings. The molecule has 0 spiro atoms. The highest BCUT2D eigenvalue weighted by Gasteiger charge is 2.40. The van der Waals surface area contributed by atoms with Crippen molar-refractivity contribution in [1.82, 2.24) is 3.97 Å². The normalized spacial score (nSPS) is 19.9. The number of aromatic nitrogens is 1. The molecule has 0 saturated carbocycles. The van der Waals surface area contributed by atoms with Gasteiger partial charge in [-0.3, -0.25) is 0 Å². The molecule has 1 unspecified atom stereocenters. The molecule has 0 bridgehead atoms. The molecule has 0 fully saturated rings. The molecular formula is C21H21NO2S. The summed E-state index contributed by atoms with van der Waals surface area (Å²) in [6, 6.07) is 14.8. The number of nitrogens with zero attached hydrogens (tertiary/aromatic N) is 1. The highest BCUT2D eigenvalue weighted by molar-refractivity contribution is 7.90. The minimum absolute atomic E-state index is 0.319. The number of allylic oxidation sites excluding steroid dienone is 1. The molecule has 3 aromatic rings. The lowest BCUT2D eigenvalue weighted by molar-refractivity contribution is 0.553. The number of benzene rings is 2. The average Bonchev–Trinajstić information content (AvgIpc) is 3.12. The van der Waals surface area contributed by atoms with Crippen molar-refractivity contribution in [2.24, 2.45) is 0 Å². The van der Waals surface area contributed by atoms with E-state index in [0.717, 1.165) is 40.6 Å². The molecule has 1 aromatic heterocycles. The van der Waals surface area contributed by atoms with Gasteiger partial charge in [-0.15, -0.1) is 6.58 Å². The molecule has 1 heterocycles. The minimum atomic E-state index is -3.68. The summed E-state index contributed by atoms with van der Waals surface area (Å²) in [5.41, 5.74) is 3.45. The van der Waals surface area contributed by atoms with E-state index in [1.54, 1.807) is 16.1 Å². The molecule has 0 N–H and O–H groups in total. The summed E-state index contributed by atoms with van der Waals surface area (Å²) in [7, 11) is -3.68. The summed E-state index contributed by atoms with van der Waals surface area (Å²) in [5, 5.41) is 1.03. The van der Waals surface area contributed by atoms with Crippen LogP contribution in [0.4, 0.5) is 0 Å². The van der Waals surface area contributed by atoms with Crippen molar-refractivity contribution >= 4 is 20.9 Å². The zero-order valence-corrected chi connectivity index (χ0v) is 15.3. The fraction of sp³-hybridized carbons (Fsp3) is 0.238. The molecule has 25 heavy (non-hydrogen) atoms. The Kier molecular flexibility index (Phi) is 3.45. The van der Waals surface area contributed by atoms with E-state index in [1.807, 2.05) is 49.4 Å². The molecule has 128 valence electrons. The number of hydrogen-bond acceptors (Lipinski definition) is 2. The van der Waals surface area contributed by atoms with E-state index in [9.17, 15) is 8.42 Å². The number of para-hydroxylation sites is 1. The lowest BCUT2D eigenvalue weighted by Crippen LogP contribution is -2.24. The fourth-order valence-corrected chi connectivity index (χ4v) is 5.54. The van der Waals surface area contributed by atoms with Crippen molar-refractivity contribution < 1.29 is 8.42 Å². The number of fused-ring (bicyclic) bond motifs is 3. The molecule has 2 aromatic carbocycles. The van der Waals surface area contributed by atoms with Gasteiger partial charge in [-0.05, 0) is 43.5 Å². The van der Waals surface area contributed by atoms with Crippen molar-refractivity contribution in [3.05, 3.63) is 78.0 Å². The maximum atomic E-state index is 13.5. The number of aryl methyl sites for hydroxylation is 2. The number of rotatable bonds is 3. The standard InChI is InChI=1S/C21H21NO2S/c1-4-21(3)14-13-18-17-7-5-6-8-19(17)22(20(18)21)25(23,24)16-11-9-15(2)10-12-16/h4-12H,1,13-14H2,2-3H3. The third kappa shape index (κ3) is 2.20. The van der Waals surface area contributed by atoms with Gasteiger partial charge in [0.25, 0.3) is 10.0 Å². The highest BCUT2D eigenvalue weighted by atomic mass is 32.2. The second kappa shape index (κ2) is 5.33. The molecule has 1 aliphatic carbocycles. The molecule has 0 amide bonds. The molecule has 1 atom stereocenters. The Balaban J connectivity index is 2.10. The van der Waals surface area contributed by atoms with Gasteiger partial charge in [0.1, 0.15) is 0 Å². The molecule has 0 aliphatic heterocycles. The summed E-state index contributed by atoms with van der Waals surface area (Å²) in [6.45, 7) is 8.01. The summed E-state index contributed by atoms with van der Waals surface area (Å²) in [4.78, 5) is 0.319. The first kappa shape index (κ1) is 16.2. The van der Waals surface area contributed by atoms with Crippen LogP contribution in [0.3, 0.4) is 0 Å². The SMILES string of the molecule is C=CC1(C)CCc2c1n(S(=O)(=O)c1ccc(C)cc1)c1ccccc21. The van der Waals surface area contributed by atoms with Gasteiger partial charge in [0, 0.05) is 16.5 Å². The maximum Gasteiger partial charge on any atom is 0.268 e. The van der Waals surface area contributed by atoms with Gasteiger partial charge in [0.05, 0.1) is 10.4 Å². The van der Waals surface area contributed by atoms with Crippen LogP contribution in [0, 0.1) is 6.92 Å². The minimum Gasteiger partial charge on any atom is -0.237 e. The van der Waals surface area contributed by atoms with E-state index >= 15 is 0 Å². The van der Waals surface area contributed by atoms with Crippen LogP contribution in [0.25, 0.3) is 10.9 Å². The quantitative estimate of drug-likeness (QED) is 0.648. The van der Waals surface area contributed by atoms with Gasteiger partial charge in [-0.2, -0.15) is 0 Å². The van der Waals surface area contributed by atoms with Crippen LogP contribution in [0.5, 0.6) is 0 Å². The van der Waals surface area contributed by atoms with E-state index in [2.05, 4.69) is 13.5 Å². The van der Waals surface area contributed by atoms with Crippen molar-refractivity contribution in [3.63, 3.8) is 0 Å². The first-order valence-corrected chi connectivity index (χ1v) is 9.91. The van der Waals surface area contributed by atoms with E-state index < -0.39 is 10.0 Å². The summed E-state index contributed by atoms with van der Waals surface area (Å²) in [5.74, 6) is 0. The Morgan fingerprint density at radius 2 is 1.80 bits per heavy atom. The van der Waals surface area contributed by atoms with Gasteiger partial charge >= 0.3 is 0 Å². The lowest BCUT2D eigenvalue weighted by atomic mass is 9.88. The molecular weight excluding hydrogens is 330 g/mol. The smallest absolute Gasteiger partial charge is 0.237 e. The fourth-order valence-electron chi connectivity index (χ4n) is 3.87. The van der Waals surface area contributed by atoms with Crippen LogP contribution in [0.15, 0.2) is 66.1 Å². The van der Waals surface area contributed by atoms with Crippen LogP contribution < -0.4 is 0 Å². The van der Waals surface area contributed by atoms with Gasteiger partial charge in [0.15, 0.2) is 0 Å². The van der Waals surface area contributed by atoms with Gasteiger partial charge in [0.2, 0.25) is 0 Å². The van der Waals surface area contributed by atoms with Crippen molar-refractivity contribution in [3.8, 4) is 0 Å². The molecule has 3 nitrogen and oxygen atoms in total. The van der Waals surface area contributed by atoms with E-state index in [0.29, 0.717) is 4.90 Å². The van der Waals surface area contributed by atoms with Crippen molar-refractivity contribution in [2.75, 3.05) is 0 Å². The van der Waals surface area contributed by atoms with Gasteiger partial charge in [-0.1, -0.05) is 48.9 Å². The van der Waals surface area contributed by atoms with Crippen molar-refractivity contribution in [1.29, 1.82) is 0 Å². The molecule has 4 heteroatoms. The first-order valence-electron chi connectivity index (χ1n) is 8.47. The Bertz CT molecular complexity index is 1090. The van der Waals surface area contributed by atoms with Crippen LogP contribution in [-0.4, -0.2) is 12.4 Å². The predicted octanol–water partition coefficient (Wildman–Crippen LogP) is 4.58. The Morgan fingerprint density at radius 3 is 2.48 bits per heavy atom. The largest absolute Gasteiger partial charge is 0.268 e. The molecule has 0 saturated heterocycles. The third-order valence-electron chi connectivity index (χ3n) is 5.38. The topological polar surface area (TPSA) is 39.1 Å². The van der Waals surface area contributed by atoms with E-state index in [4.69, 9.17) is 0 Å². The predicted molar refractivity (Wildman–Crippen MR) is 102 cm³/mol. The molecule has 4 rings (SSSR count). The molecule has 0 radical (unpaired) electrons. The summed E-state index contributed by atoms with van der Waals surface area (Å²) < 4.78 is 28.6. The van der Waals surface area contributed by atoms with Crippen molar-refractivity contribution in [2.45, 2.75) is 37.0 Å². The van der Waals surface area contributed by atoms with Crippen LogP contribution in [0.1, 0.15) is 30.2 Å². The van der Waals surface area contributed by atoms with E-state index in [1.165, 1.54) is 0 Å². The summed E-state index contributed by atoms with van der Waals surface area (Å²) in [6.07, 6.45) is 3.64. The second-order valence-electron chi connectivity index (χ2n) is 7.05. The highest BCUT2D eigenvalue weighted by Crippen LogP contribution is 2.46. The zero-order chi connectivity index (χ0) is 17.8. The average molecular weight is 351 g/mol. The van der Waals surface area contributed by atoms with Gasteiger partial charge < -0.3 is 0 Å². The lowest BCUT2D eigenvalue weighted by Gasteiger charge is -2.23. The van der Waals surface area contributed by atoms with Gasteiger partial charge in [-0.25, -0.2) is 12.4 Å². The second-order valence-corrected chi connectivity index (χ2v) is 8.84.